The van der Waals surface area contributed by atoms with Gasteiger partial charge >= 0.3 is 0 Å². The van der Waals surface area contributed by atoms with Crippen LogP contribution in [0.15, 0.2) is 65.8 Å². The Hall–Kier alpha value is -3.29. The first kappa shape index (κ1) is 22.4. The monoisotopic (exact) mass is 460 g/mol. The number of methoxy groups -OCH3 is 1. The first-order valence-corrected chi connectivity index (χ1v) is 9.86. The third-order valence-electron chi connectivity index (χ3n) is 4.21. The molecule has 0 heterocycles. The van der Waals surface area contributed by atoms with E-state index in [4.69, 9.17) is 37.5 Å². The molecule has 0 saturated heterocycles. The molecule has 9 heteroatoms. The maximum absolute atomic E-state index is 10.8. The van der Waals surface area contributed by atoms with Gasteiger partial charge in [0.05, 0.1) is 23.3 Å². The second-order valence-electron chi connectivity index (χ2n) is 6.35. The van der Waals surface area contributed by atoms with E-state index < -0.39 is 4.92 Å². The summed E-state index contributed by atoms with van der Waals surface area (Å²) in [4.78, 5) is 15.6. The second-order valence-corrected chi connectivity index (χ2v) is 7.16. The van der Waals surface area contributed by atoms with E-state index >= 15 is 0 Å². The van der Waals surface area contributed by atoms with Crippen molar-refractivity contribution in [1.82, 2.24) is 0 Å². The molecule has 0 unspecified atom stereocenters. The van der Waals surface area contributed by atoms with Gasteiger partial charge in [-0.3, -0.25) is 10.1 Å². The van der Waals surface area contributed by atoms with Gasteiger partial charge in [0.2, 0.25) is 0 Å². The van der Waals surface area contributed by atoms with Gasteiger partial charge < -0.3 is 14.3 Å². The van der Waals surface area contributed by atoms with Crippen molar-refractivity contribution in [2.75, 3.05) is 7.11 Å². The average molecular weight is 461 g/mol. The Labute approximate surface area is 188 Å². The summed E-state index contributed by atoms with van der Waals surface area (Å²) in [6.45, 7) is 0.317. The van der Waals surface area contributed by atoms with Crippen LogP contribution in [-0.4, -0.2) is 18.2 Å². The molecule has 0 aliphatic carbocycles. The number of benzene rings is 3. The molecule has 0 fully saturated rings. The van der Waals surface area contributed by atoms with Gasteiger partial charge in [-0.1, -0.05) is 58.7 Å². The number of oxime groups is 1. The average Bonchev–Trinajstić information content (AvgIpc) is 2.77. The molecule has 0 bridgehead atoms. The molecule has 3 aromatic carbocycles. The molecular formula is C22H18Cl2N2O5. The molecule has 0 aliphatic rings. The van der Waals surface area contributed by atoms with E-state index in [0.29, 0.717) is 32.7 Å². The number of ether oxygens (including phenoxy) is 2. The molecule has 3 rings (SSSR count). The Morgan fingerprint density at radius 1 is 1.03 bits per heavy atom. The summed E-state index contributed by atoms with van der Waals surface area (Å²) in [5.41, 5.74) is 2.08. The lowest BCUT2D eigenvalue weighted by molar-refractivity contribution is -0.384. The van der Waals surface area contributed by atoms with E-state index in [0.717, 1.165) is 5.56 Å². The van der Waals surface area contributed by atoms with Gasteiger partial charge in [0.1, 0.15) is 13.2 Å². The number of hydrogen-bond donors (Lipinski definition) is 0. The van der Waals surface area contributed by atoms with Crippen LogP contribution in [0.4, 0.5) is 5.69 Å². The second kappa shape index (κ2) is 10.7. The van der Waals surface area contributed by atoms with E-state index in [2.05, 4.69) is 5.16 Å². The third kappa shape index (κ3) is 6.10. The minimum absolute atomic E-state index is 0.00558. The van der Waals surface area contributed by atoms with Crippen LogP contribution in [-0.2, 0) is 18.1 Å². The van der Waals surface area contributed by atoms with E-state index in [1.54, 1.807) is 30.3 Å². The quantitative estimate of drug-likeness (QED) is 0.220. The molecule has 0 aliphatic heterocycles. The molecule has 7 nitrogen and oxygen atoms in total. The fraction of sp³-hybridized carbons (Fsp3) is 0.136. The van der Waals surface area contributed by atoms with E-state index in [9.17, 15) is 10.1 Å². The zero-order valence-corrected chi connectivity index (χ0v) is 18.0. The Morgan fingerprint density at radius 2 is 1.84 bits per heavy atom. The number of non-ortho nitro benzene ring substituents is 1. The first-order chi connectivity index (χ1) is 15.0. The summed E-state index contributed by atoms with van der Waals surface area (Å²) in [7, 11) is 1.51. The SMILES string of the molecule is COc1cc(/C=N\OCc2cccc([N+](=O)[O-])c2)cc(Cl)c1OCc1ccccc1Cl. The van der Waals surface area contributed by atoms with Crippen LogP contribution in [0, 0.1) is 10.1 Å². The third-order valence-corrected chi connectivity index (χ3v) is 4.86. The van der Waals surface area contributed by atoms with E-state index in [1.807, 2.05) is 18.2 Å². The van der Waals surface area contributed by atoms with Crippen LogP contribution in [0.1, 0.15) is 16.7 Å². The first-order valence-electron chi connectivity index (χ1n) is 9.10. The number of nitrogens with zero attached hydrogens (tertiary/aromatic N) is 2. The normalized spacial score (nSPS) is 10.8. The summed E-state index contributed by atoms with van der Waals surface area (Å²) >= 11 is 12.5. The lowest BCUT2D eigenvalue weighted by atomic mass is 10.2. The number of nitro groups is 1. The molecule has 0 amide bonds. The molecule has 3 aromatic rings. The molecule has 0 N–H and O–H groups in total. The van der Waals surface area contributed by atoms with Crippen LogP contribution >= 0.6 is 23.2 Å². The van der Waals surface area contributed by atoms with Crippen LogP contribution < -0.4 is 9.47 Å². The fourth-order valence-corrected chi connectivity index (χ4v) is 3.15. The predicted octanol–water partition coefficient (Wildman–Crippen LogP) is 6.04. The highest BCUT2D eigenvalue weighted by Gasteiger charge is 2.13. The fourth-order valence-electron chi connectivity index (χ4n) is 2.69. The number of rotatable bonds is 9. The summed E-state index contributed by atoms with van der Waals surface area (Å²) in [6, 6.07) is 16.9. The Morgan fingerprint density at radius 3 is 2.58 bits per heavy atom. The van der Waals surface area contributed by atoms with Crippen molar-refractivity contribution < 1.29 is 19.2 Å². The molecule has 0 radical (unpaired) electrons. The van der Waals surface area contributed by atoms with E-state index in [1.165, 1.54) is 25.5 Å². The molecule has 0 saturated carbocycles. The predicted molar refractivity (Wildman–Crippen MR) is 119 cm³/mol. The zero-order valence-electron chi connectivity index (χ0n) is 16.5. The highest BCUT2D eigenvalue weighted by atomic mass is 35.5. The minimum Gasteiger partial charge on any atom is -0.493 e. The number of nitro benzene ring substituents is 1. The summed E-state index contributed by atoms with van der Waals surface area (Å²) in [6.07, 6.45) is 1.46. The van der Waals surface area contributed by atoms with Crippen molar-refractivity contribution in [2.45, 2.75) is 13.2 Å². The smallest absolute Gasteiger partial charge is 0.269 e. The minimum atomic E-state index is -0.462. The summed E-state index contributed by atoms with van der Waals surface area (Å²) in [5, 5.41) is 15.7. The largest absolute Gasteiger partial charge is 0.493 e. The van der Waals surface area contributed by atoms with Crippen molar-refractivity contribution in [1.29, 1.82) is 0 Å². The van der Waals surface area contributed by atoms with Crippen molar-refractivity contribution in [2.24, 2.45) is 5.16 Å². The highest BCUT2D eigenvalue weighted by Crippen LogP contribution is 2.37. The van der Waals surface area contributed by atoms with Gasteiger partial charge in [-0.25, -0.2) is 0 Å². The van der Waals surface area contributed by atoms with Gasteiger partial charge in [0, 0.05) is 28.3 Å². The lowest BCUT2D eigenvalue weighted by Gasteiger charge is -2.14. The van der Waals surface area contributed by atoms with Crippen molar-refractivity contribution >= 4 is 35.1 Å². The Balaban J connectivity index is 1.65. The van der Waals surface area contributed by atoms with Crippen LogP contribution in [0.25, 0.3) is 0 Å². The molecular weight excluding hydrogens is 443 g/mol. The maximum Gasteiger partial charge on any atom is 0.269 e. The molecule has 0 aromatic heterocycles. The van der Waals surface area contributed by atoms with Gasteiger partial charge in [-0.15, -0.1) is 0 Å². The van der Waals surface area contributed by atoms with Crippen molar-refractivity contribution in [3.05, 3.63) is 97.5 Å². The molecule has 31 heavy (non-hydrogen) atoms. The van der Waals surface area contributed by atoms with Gasteiger partial charge in [-0.05, 0) is 23.8 Å². The topological polar surface area (TPSA) is 83.2 Å². The van der Waals surface area contributed by atoms with Crippen LogP contribution in [0.5, 0.6) is 11.5 Å². The number of hydrogen-bond acceptors (Lipinski definition) is 6. The molecule has 0 atom stereocenters. The number of halogens is 2. The molecule has 160 valence electrons. The van der Waals surface area contributed by atoms with Gasteiger partial charge in [-0.2, -0.15) is 0 Å². The summed E-state index contributed by atoms with van der Waals surface area (Å²) < 4.78 is 11.2. The van der Waals surface area contributed by atoms with Crippen LogP contribution in [0.3, 0.4) is 0 Å². The molecule has 0 spiro atoms. The highest BCUT2D eigenvalue weighted by molar-refractivity contribution is 6.32. The van der Waals surface area contributed by atoms with E-state index in [-0.39, 0.29) is 18.9 Å². The van der Waals surface area contributed by atoms with Crippen molar-refractivity contribution in [3.63, 3.8) is 0 Å². The Kier molecular flexibility index (Phi) is 7.70. The lowest BCUT2D eigenvalue weighted by Crippen LogP contribution is -2.00. The zero-order chi connectivity index (χ0) is 22.2. The Bertz CT molecular complexity index is 1110. The standard InChI is InChI=1S/C22H18Cl2N2O5/c1-29-21-11-16(12-25-31-13-15-5-4-7-18(9-15)26(27)28)10-20(24)22(21)30-14-17-6-2-3-8-19(17)23/h2-12H,13-14H2,1H3/b25-12-. The van der Waals surface area contributed by atoms with Gasteiger partial charge in [0.25, 0.3) is 5.69 Å². The van der Waals surface area contributed by atoms with Crippen molar-refractivity contribution in [3.8, 4) is 11.5 Å². The van der Waals surface area contributed by atoms with Gasteiger partial charge in [0.15, 0.2) is 11.5 Å². The maximum atomic E-state index is 10.8. The summed E-state index contributed by atoms with van der Waals surface area (Å²) in [5.74, 6) is 0.818. The van der Waals surface area contributed by atoms with Crippen LogP contribution in [0.2, 0.25) is 10.0 Å².